The third kappa shape index (κ3) is 4.38. The lowest BCUT2D eigenvalue weighted by atomic mass is 10.1. The van der Waals surface area contributed by atoms with Gasteiger partial charge in [0.15, 0.2) is 0 Å². The third-order valence-corrected chi connectivity index (χ3v) is 3.71. The maximum Gasteiger partial charge on any atom is 0.142 e. The Balaban J connectivity index is 1.97. The predicted octanol–water partition coefficient (Wildman–Crippen LogP) is 3.91. The van der Waals surface area contributed by atoms with Gasteiger partial charge < -0.3 is 10.4 Å². The van der Waals surface area contributed by atoms with Gasteiger partial charge in [0.2, 0.25) is 0 Å². The number of halogens is 3. The molecule has 112 valence electrons. The molecule has 0 aliphatic rings. The highest BCUT2D eigenvalue weighted by molar-refractivity contribution is 6.30. The molecule has 0 bridgehead atoms. The maximum absolute atomic E-state index is 13.4. The van der Waals surface area contributed by atoms with Crippen LogP contribution in [0.4, 0.5) is 4.39 Å². The van der Waals surface area contributed by atoms with Crippen molar-refractivity contribution < 1.29 is 9.50 Å². The second-order valence-electron chi connectivity index (χ2n) is 4.73. The molecule has 0 fully saturated rings. The minimum atomic E-state index is -0.823. The topological polar surface area (TPSA) is 45.1 Å². The van der Waals surface area contributed by atoms with E-state index >= 15 is 0 Å². The molecule has 2 aromatic rings. The lowest BCUT2D eigenvalue weighted by molar-refractivity contribution is 0.170. The molecular formula is C15H15Cl2FN2O. The van der Waals surface area contributed by atoms with Gasteiger partial charge in [-0.1, -0.05) is 29.3 Å². The van der Waals surface area contributed by atoms with Gasteiger partial charge in [0.1, 0.15) is 11.0 Å². The number of pyridine rings is 1. The number of aromatic nitrogens is 1. The number of benzene rings is 1. The number of hydrogen-bond acceptors (Lipinski definition) is 3. The molecule has 3 nitrogen and oxygen atoms in total. The number of nitrogens with zero attached hydrogens (tertiary/aromatic N) is 1. The van der Waals surface area contributed by atoms with Crippen molar-refractivity contribution in [3.8, 4) is 0 Å². The van der Waals surface area contributed by atoms with Crippen molar-refractivity contribution in [1.29, 1.82) is 0 Å². The van der Waals surface area contributed by atoms with E-state index in [1.54, 1.807) is 18.3 Å². The zero-order chi connectivity index (χ0) is 15.4. The van der Waals surface area contributed by atoms with Crippen molar-refractivity contribution >= 4 is 23.2 Å². The van der Waals surface area contributed by atoms with Crippen LogP contribution in [-0.4, -0.2) is 16.6 Å². The van der Waals surface area contributed by atoms with E-state index in [0.717, 1.165) is 5.56 Å². The van der Waals surface area contributed by atoms with Crippen LogP contribution in [0.5, 0.6) is 0 Å². The summed E-state index contributed by atoms with van der Waals surface area (Å²) in [5, 5.41) is 13.7. The Kier molecular flexibility index (Phi) is 5.53. The molecular weight excluding hydrogens is 314 g/mol. The predicted molar refractivity (Wildman–Crippen MR) is 82.0 cm³/mol. The highest BCUT2D eigenvalue weighted by atomic mass is 35.5. The van der Waals surface area contributed by atoms with Crippen LogP contribution in [0, 0.1) is 5.82 Å². The fourth-order valence-corrected chi connectivity index (χ4v) is 2.23. The number of hydrogen-bond donors (Lipinski definition) is 2. The van der Waals surface area contributed by atoms with Crippen molar-refractivity contribution in [2.75, 3.05) is 6.54 Å². The van der Waals surface area contributed by atoms with Crippen LogP contribution in [0.1, 0.15) is 30.2 Å². The molecule has 0 amide bonds. The Bertz CT molecular complexity index is 624. The highest BCUT2D eigenvalue weighted by Gasteiger charge is 2.12. The molecule has 2 rings (SSSR count). The molecule has 0 aliphatic carbocycles. The Morgan fingerprint density at radius 2 is 2.00 bits per heavy atom. The monoisotopic (exact) mass is 328 g/mol. The lowest BCUT2D eigenvalue weighted by Crippen LogP contribution is -2.24. The van der Waals surface area contributed by atoms with Crippen molar-refractivity contribution in [3.63, 3.8) is 0 Å². The van der Waals surface area contributed by atoms with Crippen LogP contribution < -0.4 is 5.32 Å². The number of rotatable bonds is 5. The van der Waals surface area contributed by atoms with E-state index < -0.39 is 11.9 Å². The third-order valence-electron chi connectivity index (χ3n) is 3.20. The van der Waals surface area contributed by atoms with E-state index in [-0.39, 0.29) is 17.6 Å². The van der Waals surface area contributed by atoms with Crippen LogP contribution >= 0.6 is 23.2 Å². The van der Waals surface area contributed by atoms with Crippen LogP contribution in [-0.2, 0) is 0 Å². The fourth-order valence-electron chi connectivity index (χ4n) is 1.93. The van der Waals surface area contributed by atoms with Crippen molar-refractivity contribution in [1.82, 2.24) is 10.3 Å². The molecule has 0 aliphatic heterocycles. The number of aliphatic hydroxyl groups excluding tert-OH is 1. The molecule has 0 spiro atoms. The fraction of sp³-hybridized carbons (Fsp3) is 0.267. The normalized spacial score (nSPS) is 14.0. The molecule has 1 aromatic heterocycles. The Labute approximate surface area is 132 Å². The summed E-state index contributed by atoms with van der Waals surface area (Å²) in [4.78, 5) is 3.92. The molecule has 2 atom stereocenters. The molecule has 6 heteroatoms. The smallest absolute Gasteiger partial charge is 0.142 e. The summed E-state index contributed by atoms with van der Waals surface area (Å²) >= 11 is 11.5. The van der Waals surface area contributed by atoms with Gasteiger partial charge in [0.25, 0.3) is 0 Å². The minimum Gasteiger partial charge on any atom is -0.387 e. The summed E-state index contributed by atoms with van der Waals surface area (Å²) in [6.45, 7) is 2.23. The second-order valence-corrected chi connectivity index (χ2v) is 5.53. The quantitative estimate of drug-likeness (QED) is 0.818. The van der Waals surface area contributed by atoms with E-state index in [4.69, 9.17) is 23.2 Å². The molecule has 21 heavy (non-hydrogen) atoms. The van der Waals surface area contributed by atoms with Gasteiger partial charge in [-0.2, -0.15) is 0 Å². The molecule has 1 heterocycles. The van der Waals surface area contributed by atoms with Crippen molar-refractivity contribution in [2.45, 2.75) is 19.1 Å². The molecule has 1 aromatic carbocycles. The molecule has 0 saturated heterocycles. The van der Waals surface area contributed by atoms with E-state index in [1.165, 1.54) is 12.1 Å². The zero-order valence-electron chi connectivity index (χ0n) is 11.4. The molecule has 2 N–H and O–H groups in total. The molecule has 0 saturated carbocycles. The summed E-state index contributed by atoms with van der Waals surface area (Å²) in [5.74, 6) is -0.540. The van der Waals surface area contributed by atoms with Crippen molar-refractivity contribution in [2.24, 2.45) is 0 Å². The Morgan fingerprint density at radius 3 is 2.67 bits per heavy atom. The highest BCUT2D eigenvalue weighted by Crippen LogP contribution is 2.21. The maximum atomic E-state index is 13.4. The average Bonchev–Trinajstić information content (AvgIpc) is 2.47. The van der Waals surface area contributed by atoms with Gasteiger partial charge in [-0.05, 0) is 42.3 Å². The largest absolute Gasteiger partial charge is 0.387 e. The van der Waals surface area contributed by atoms with Crippen LogP contribution in [0.25, 0.3) is 0 Å². The lowest BCUT2D eigenvalue weighted by Gasteiger charge is -2.18. The van der Waals surface area contributed by atoms with Crippen LogP contribution in [0.3, 0.4) is 0 Å². The van der Waals surface area contributed by atoms with Gasteiger partial charge in [-0.3, -0.25) is 0 Å². The van der Waals surface area contributed by atoms with Gasteiger partial charge >= 0.3 is 0 Å². The van der Waals surface area contributed by atoms with Gasteiger partial charge in [-0.25, -0.2) is 9.37 Å². The van der Waals surface area contributed by atoms with Gasteiger partial charge in [-0.15, -0.1) is 0 Å². The molecule has 0 radical (unpaired) electrons. The first kappa shape index (κ1) is 16.2. The number of nitrogens with one attached hydrogen (secondary N) is 1. The summed E-state index contributed by atoms with van der Waals surface area (Å²) in [6.07, 6.45) is 0.803. The standard InChI is InChI=1S/C15H15Cl2FN2O/c1-9(10-4-5-19-15(17)7-10)20-8-14(21)11-2-3-12(16)13(18)6-11/h2-7,9,14,20-21H,8H2,1H3. The van der Waals surface area contributed by atoms with E-state index in [1.807, 2.05) is 13.0 Å². The zero-order valence-corrected chi connectivity index (χ0v) is 12.9. The summed E-state index contributed by atoms with van der Waals surface area (Å²) in [7, 11) is 0. The van der Waals surface area contributed by atoms with E-state index in [2.05, 4.69) is 10.3 Å². The summed E-state index contributed by atoms with van der Waals surface area (Å²) in [6, 6.07) is 7.86. The first-order chi connectivity index (χ1) is 9.97. The number of aliphatic hydroxyl groups is 1. The Morgan fingerprint density at radius 1 is 1.24 bits per heavy atom. The Hall–Kier alpha value is -1.20. The summed E-state index contributed by atoms with van der Waals surface area (Å²) in [5.41, 5.74) is 1.44. The van der Waals surface area contributed by atoms with Gasteiger partial charge in [0, 0.05) is 18.8 Å². The molecule has 2 unspecified atom stereocenters. The van der Waals surface area contributed by atoms with Crippen LogP contribution in [0.2, 0.25) is 10.2 Å². The first-order valence-electron chi connectivity index (χ1n) is 6.45. The average molecular weight is 329 g/mol. The second kappa shape index (κ2) is 7.18. The van der Waals surface area contributed by atoms with E-state index in [0.29, 0.717) is 10.7 Å². The van der Waals surface area contributed by atoms with Gasteiger partial charge in [0.05, 0.1) is 11.1 Å². The van der Waals surface area contributed by atoms with Crippen LogP contribution in [0.15, 0.2) is 36.5 Å². The SMILES string of the molecule is CC(NCC(O)c1ccc(Cl)c(F)c1)c1ccnc(Cl)c1. The van der Waals surface area contributed by atoms with Crippen molar-refractivity contribution in [3.05, 3.63) is 63.6 Å². The summed E-state index contributed by atoms with van der Waals surface area (Å²) < 4.78 is 13.4. The minimum absolute atomic E-state index is 0.0164. The first-order valence-corrected chi connectivity index (χ1v) is 7.21. The van der Waals surface area contributed by atoms with E-state index in [9.17, 15) is 9.50 Å².